The molecule has 0 unspecified atom stereocenters. The standard InChI is InChI=1S/C11H10N2O3/c1-7-12-4-5-13(7)8-2-3-10(14)9(6-8)11(15)16/h2-6,14H,1H3,(H,15,16). The average Bonchev–Trinajstić information content (AvgIpc) is 2.65. The molecule has 1 heterocycles. The number of carboxylic acids is 1. The molecule has 0 atom stereocenters. The number of aromatic hydroxyl groups is 1. The van der Waals surface area contributed by atoms with Gasteiger partial charge in [-0.25, -0.2) is 9.78 Å². The molecule has 5 nitrogen and oxygen atoms in total. The van der Waals surface area contributed by atoms with Crippen LogP contribution >= 0.6 is 0 Å². The summed E-state index contributed by atoms with van der Waals surface area (Å²) in [6.07, 6.45) is 3.36. The Hall–Kier alpha value is -2.30. The molecular formula is C11H10N2O3. The second-order valence-electron chi connectivity index (χ2n) is 3.35. The summed E-state index contributed by atoms with van der Waals surface area (Å²) in [4.78, 5) is 14.9. The van der Waals surface area contributed by atoms with E-state index in [1.165, 1.54) is 12.1 Å². The molecule has 1 aromatic heterocycles. The monoisotopic (exact) mass is 218 g/mol. The number of carboxylic acid groups (broad SMARTS) is 1. The first-order valence-electron chi connectivity index (χ1n) is 4.66. The zero-order valence-corrected chi connectivity index (χ0v) is 8.58. The minimum atomic E-state index is -1.16. The van der Waals surface area contributed by atoms with E-state index < -0.39 is 5.97 Å². The highest BCUT2D eigenvalue weighted by Gasteiger charge is 2.11. The predicted octanol–water partition coefficient (Wildman–Crippen LogP) is 1.58. The molecule has 0 saturated heterocycles. The zero-order valence-electron chi connectivity index (χ0n) is 8.58. The molecule has 0 amide bonds. The summed E-state index contributed by atoms with van der Waals surface area (Å²) in [7, 11) is 0. The molecule has 0 aliphatic rings. The van der Waals surface area contributed by atoms with Crippen molar-refractivity contribution < 1.29 is 15.0 Å². The van der Waals surface area contributed by atoms with E-state index >= 15 is 0 Å². The minimum Gasteiger partial charge on any atom is -0.507 e. The first-order valence-corrected chi connectivity index (χ1v) is 4.66. The highest BCUT2D eigenvalue weighted by molar-refractivity contribution is 5.91. The largest absolute Gasteiger partial charge is 0.507 e. The Morgan fingerprint density at radius 2 is 2.19 bits per heavy atom. The third kappa shape index (κ3) is 1.63. The van der Waals surface area contributed by atoms with E-state index in [1.54, 1.807) is 23.0 Å². The van der Waals surface area contributed by atoms with Crippen molar-refractivity contribution in [3.63, 3.8) is 0 Å². The number of aryl methyl sites for hydroxylation is 1. The summed E-state index contributed by atoms with van der Waals surface area (Å²) in [5, 5.41) is 18.2. The second kappa shape index (κ2) is 3.69. The number of benzene rings is 1. The Balaban J connectivity index is 2.56. The summed E-state index contributed by atoms with van der Waals surface area (Å²) in [5.41, 5.74) is 0.538. The summed E-state index contributed by atoms with van der Waals surface area (Å²) >= 11 is 0. The van der Waals surface area contributed by atoms with Gasteiger partial charge in [0.05, 0.1) is 0 Å². The van der Waals surface area contributed by atoms with E-state index in [2.05, 4.69) is 4.98 Å². The number of rotatable bonds is 2. The fourth-order valence-electron chi connectivity index (χ4n) is 1.50. The first kappa shape index (κ1) is 10.2. The van der Waals surface area contributed by atoms with Crippen LogP contribution in [0, 0.1) is 6.92 Å². The van der Waals surface area contributed by atoms with Crippen LogP contribution in [0.1, 0.15) is 16.2 Å². The zero-order chi connectivity index (χ0) is 11.7. The smallest absolute Gasteiger partial charge is 0.339 e. The van der Waals surface area contributed by atoms with Gasteiger partial charge in [-0.2, -0.15) is 0 Å². The molecular weight excluding hydrogens is 208 g/mol. The second-order valence-corrected chi connectivity index (χ2v) is 3.35. The van der Waals surface area contributed by atoms with Crippen molar-refractivity contribution in [2.45, 2.75) is 6.92 Å². The molecule has 0 aliphatic carbocycles. The number of carbonyl (C=O) groups is 1. The summed E-state index contributed by atoms with van der Waals surface area (Å²) in [5.74, 6) is -0.645. The van der Waals surface area contributed by atoms with Crippen LogP contribution in [0.3, 0.4) is 0 Å². The minimum absolute atomic E-state index is 0.120. The topological polar surface area (TPSA) is 75.3 Å². The molecule has 1 aromatic carbocycles. The number of nitrogens with zero attached hydrogens (tertiary/aromatic N) is 2. The first-order chi connectivity index (χ1) is 7.59. The Morgan fingerprint density at radius 3 is 2.75 bits per heavy atom. The molecule has 0 fully saturated rings. The third-order valence-electron chi connectivity index (χ3n) is 2.31. The molecule has 0 saturated carbocycles. The lowest BCUT2D eigenvalue weighted by molar-refractivity contribution is 0.0693. The third-order valence-corrected chi connectivity index (χ3v) is 2.31. The summed E-state index contributed by atoms with van der Waals surface area (Å²) in [6.45, 7) is 1.81. The van der Waals surface area contributed by atoms with E-state index in [1.807, 2.05) is 6.92 Å². The van der Waals surface area contributed by atoms with E-state index in [9.17, 15) is 9.90 Å². The highest BCUT2D eigenvalue weighted by atomic mass is 16.4. The normalized spacial score (nSPS) is 10.3. The fourth-order valence-corrected chi connectivity index (χ4v) is 1.50. The summed E-state index contributed by atoms with van der Waals surface area (Å²) < 4.78 is 1.74. The van der Waals surface area contributed by atoms with Gasteiger partial charge in [-0.1, -0.05) is 0 Å². The Labute approximate surface area is 91.6 Å². The lowest BCUT2D eigenvalue weighted by Crippen LogP contribution is -2.01. The number of aromatic nitrogens is 2. The van der Waals surface area contributed by atoms with Crippen LogP contribution in [0.25, 0.3) is 5.69 Å². The lowest BCUT2D eigenvalue weighted by atomic mass is 10.2. The molecule has 16 heavy (non-hydrogen) atoms. The predicted molar refractivity (Wildman–Crippen MR) is 56.9 cm³/mol. The maximum atomic E-state index is 10.8. The van der Waals surface area contributed by atoms with Crippen molar-refractivity contribution in [1.29, 1.82) is 0 Å². The Bertz CT molecular complexity index is 546. The maximum Gasteiger partial charge on any atom is 0.339 e. The molecule has 5 heteroatoms. The van der Waals surface area contributed by atoms with Gasteiger partial charge in [0.25, 0.3) is 0 Å². The van der Waals surface area contributed by atoms with E-state index in [0.29, 0.717) is 5.69 Å². The van der Waals surface area contributed by atoms with Gasteiger partial charge in [0.2, 0.25) is 0 Å². The van der Waals surface area contributed by atoms with Crippen molar-refractivity contribution >= 4 is 5.97 Å². The van der Waals surface area contributed by atoms with Crippen LogP contribution in [0.2, 0.25) is 0 Å². The average molecular weight is 218 g/mol. The van der Waals surface area contributed by atoms with Crippen molar-refractivity contribution in [2.75, 3.05) is 0 Å². The maximum absolute atomic E-state index is 10.8. The van der Waals surface area contributed by atoms with Gasteiger partial charge < -0.3 is 14.8 Å². The highest BCUT2D eigenvalue weighted by Crippen LogP contribution is 2.21. The Kier molecular flexibility index (Phi) is 2.36. The van der Waals surface area contributed by atoms with E-state index in [4.69, 9.17) is 5.11 Å². The van der Waals surface area contributed by atoms with Gasteiger partial charge in [-0.3, -0.25) is 0 Å². The quantitative estimate of drug-likeness (QED) is 0.802. The van der Waals surface area contributed by atoms with Crippen LogP contribution < -0.4 is 0 Å². The van der Waals surface area contributed by atoms with Crippen LogP contribution in [0.5, 0.6) is 5.75 Å². The van der Waals surface area contributed by atoms with Gasteiger partial charge in [-0.05, 0) is 25.1 Å². The van der Waals surface area contributed by atoms with Crippen molar-refractivity contribution in [3.05, 3.63) is 42.0 Å². The van der Waals surface area contributed by atoms with Gasteiger partial charge in [0, 0.05) is 18.1 Å². The molecule has 2 rings (SSSR count). The van der Waals surface area contributed by atoms with Crippen LogP contribution in [0.15, 0.2) is 30.6 Å². The number of hydrogen-bond donors (Lipinski definition) is 2. The molecule has 0 bridgehead atoms. The molecule has 2 N–H and O–H groups in total. The van der Waals surface area contributed by atoms with Crippen molar-refractivity contribution in [2.24, 2.45) is 0 Å². The van der Waals surface area contributed by atoms with Crippen LogP contribution in [0.4, 0.5) is 0 Å². The van der Waals surface area contributed by atoms with Crippen LogP contribution in [-0.4, -0.2) is 25.7 Å². The fraction of sp³-hybridized carbons (Fsp3) is 0.0909. The van der Waals surface area contributed by atoms with E-state index in [0.717, 1.165) is 5.82 Å². The molecule has 0 radical (unpaired) electrons. The van der Waals surface area contributed by atoms with Crippen molar-refractivity contribution in [3.8, 4) is 11.4 Å². The number of aromatic carboxylic acids is 1. The van der Waals surface area contributed by atoms with Crippen molar-refractivity contribution in [1.82, 2.24) is 9.55 Å². The van der Waals surface area contributed by atoms with Gasteiger partial charge >= 0.3 is 5.97 Å². The molecule has 0 spiro atoms. The number of hydrogen-bond acceptors (Lipinski definition) is 3. The molecule has 0 aliphatic heterocycles. The summed E-state index contributed by atoms with van der Waals surface area (Å²) in [6, 6.07) is 4.40. The van der Waals surface area contributed by atoms with Crippen LogP contribution in [-0.2, 0) is 0 Å². The number of phenols is 1. The van der Waals surface area contributed by atoms with Gasteiger partial charge in [0.15, 0.2) is 0 Å². The van der Waals surface area contributed by atoms with Gasteiger partial charge in [0.1, 0.15) is 17.1 Å². The molecule has 82 valence electrons. The SMILES string of the molecule is Cc1nccn1-c1ccc(O)c(C(=O)O)c1. The number of imidazole rings is 1. The lowest BCUT2D eigenvalue weighted by Gasteiger charge is -2.07. The van der Waals surface area contributed by atoms with E-state index in [-0.39, 0.29) is 11.3 Å². The Morgan fingerprint density at radius 1 is 1.44 bits per heavy atom. The van der Waals surface area contributed by atoms with Gasteiger partial charge in [-0.15, -0.1) is 0 Å². The molecule has 2 aromatic rings.